The number of fused-ring (bicyclic) bond motifs is 1. The molecular weight excluding hydrogens is 239 g/mol. The molecule has 1 fully saturated rings. The summed E-state index contributed by atoms with van der Waals surface area (Å²) in [6.07, 6.45) is -2.52. The molecular formula is C14H12F3N. The fraction of sp³-hybridized carbons (Fsp3) is 0.286. The summed E-state index contributed by atoms with van der Waals surface area (Å²) in [6, 6.07) is 9.25. The summed E-state index contributed by atoms with van der Waals surface area (Å²) in [6.45, 7) is 0. The fourth-order valence-corrected chi connectivity index (χ4v) is 2.26. The topological polar surface area (TPSA) is 26.0 Å². The molecule has 0 aromatic heterocycles. The van der Waals surface area contributed by atoms with Crippen LogP contribution < -0.4 is 5.73 Å². The molecule has 3 rings (SSSR count). The van der Waals surface area contributed by atoms with Gasteiger partial charge in [0.15, 0.2) is 0 Å². The Morgan fingerprint density at radius 1 is 1.06 bits per heavy atom. The molecule has 18 heavy (non-hydrogen) atoms. The molecule has 0 radical (unpaired) electrons. The van der Waals surface area contributed by atoms with Gasteiger partial charge in [-0.25, -0.2) is 0 Å². The maximum Gasteiger partial charge on any atom is 0.417 e. The molecule has 2 N–H and O–H groups in total. The molecule has 1 saturated carbocycles. The summed E-state index contributed by atoms with van der Waals surface area (Å²) in [5.74, 6) is 0. The first-order valence-corrected chi connectivity index (χ1v) is 5.79. The van der Waals surface area contributed by atoms with Crippen molar-refractivity contribution in [3.05, 3.63) is 47.5 Å². The molecule has 1 aliphatic carbocycles. The van der Waals surface area contributed by atoms with Gasteiger partial charge in [0.2, 0.25) is 0 Å². The Morgan fingerprint density at radius 3 is 2.39 bits per heavy atom. The van der Waals surface area contributed by atoms with Crippen LogP contribution in [-0.2, 0) is 11.7 Å². The zero-order chi connectivity index (χ0) is 13.0. The van der Waals surface area contributed by atoms with Gasteiger partial charge in [-0.2, -0.15) is 13.2 Å². The summed E-state index contributed by atoms with van der Waals surface area (Å²) < 4.78 is 38.5. The quantitative estimate of drug-likeness (QED) is 0.819. The minimum Gasteiger partial charge on any atom is -0.321 e. The molecule has 0 heterocycles. The van der Waals surface area contributed by atoms with Crippen molar-refractivity contribution in [2.24, 2.45) is 5.73 Å². The highest BCUT2D eigenvalue weighted by Gasteiger charge is 2.40. The monoisotopic (exact) mass is 251 g/mol. The molecule has 1 aliphatic rings. The van der Waals surface area contributed by atoms with Crippen LogP contribution in [0.4, 0.5) is 13.2 Å². The number of halogens is 3. The van der Waals surface area contributed by atoms with Gasteiger partial charge in [-0.1, -0.05) is 24.3 Å². The molecule has 0 amide bonds. The average molecular weight is 251 g/mol. The zero-order valence-electron chi connectivity index (χ0n) is 9.59. The smallest absolute Gasteiger partial charge is 0.321 e. The van der Waals surface area contributed by atoms with Crippen molar-refractivity contribution in [2.45, 2.75) is 24.6 Å². The summed E-state index contributed by atoms with van der Waals surface area (Å²) in [5.41, 5.74) is 6.08. The van der Waals surface area contributed by atoms with Gasteiger partial charge in [-0.05, 0) is 41.3 Å². The van der Waals surface area contributed by atoms with Gasteiger partial charge in [0.25, 0.3) is 0 Å². The number of rotatable bonds is 1. The van der Waals surface area contributed by atoms with Gasteiger partial charge < -0.3 is 5.73 Å². The van der Waals surface area contributed by atoms with Gasteiger partial charge in [-0.15, -0.1) is 0 Å². The normalized spacial score (nSPS) is 18.0. The minimum absolute atomic E-state index is 0.234. The van der Waals surface area contributed by atoms with Crippen LogP contribution in [0.2, 0.25) is 0 Å². The largest absolute Gasteiger partial charge is 0.417 e. The van der Waals surface area contributed by atoms with Gasteiger partial charge in [0, 0.05) is 5.54 Å². The lowest BCUT2D eigenvalue weighted by Gasteiger charge is -2.13. The van der Waals surface area contributed by atoms with Crippen LogP contribution >= 0.6 is 0 Å². The fourth-order valence-electron chi connectivity index (χ4n) is 2.26. The van der Waals surface area contributed by atoms with Crippen molar-refractivity contribution in [3.8, 4) is 0 Å². The number of hydrogen-bond acceptors (Lipinski definition) is 1. The third-order valence-electron chi connectivity index (χ3n) is 3.55. The van der Waals surface area contributed by atoms with Crippen LogP contribution in [0.5, 0.6) is 0 Å². The van der Waals surface area contributed by atoms with E-state index in [1.807, 2.05) is 0 Å². The lowest BCUT2D eigenvalue weighted by atomic mass is 9.98. The predicted molar refractivity (Wildman–Crippen MR) is 64.0 cm³/mol. The number of hydrogen-bond donors (Lipinski definition) is 1. The van der Waals surface area contributed by atoms with Crippen molar-refractivity contribution >= 4 is 10.8 Å². The summed E-state index contributed by atoms with van der Waals surface area (Å²) >= 11 is 0. The van der Waals surface area contributed by atoms with Crippen molar-refractivity contribution in [1.82, 2.24) is 0 Å². The highest BCUT2D eigenvalue weighted by atomic mass is 19.4. The van der Waals surface area contributed by atoms with Crippen LogP contribution in [0.15, 0.2) is 36.4 Å². The van der Waals surface area contributed by atoms with Crippen molar-refractivity contribution in [1.29, 1.82) is 0 Å². The lowest BCUT2D eigenvalue weighted by Crippen LogP contribution is -2.18. The summed E-state index contributed by atoms with van der Waals surface area (Å²) in [5, 5.41) is 0.831. The van der Waals surface area contributed by atoms with E-state index in [1.165, 1.54) is 12.1 Å². The molecule has 2 aromatic carbocycles. The molecule has 94 valence electrons. The third kappa shape index (κ3) is 1.77. The number of nitrogens with two attached hydrogens (primary N) is 1. The maximum atomic E-state index is 12.8. The first kappa shape index (κ1) is 11.5. The number of alkyl halides is 3. The van der Waals surface area contributed by atoms with E-state index in [0.29, 0.717) is 5.39 Å². The zero-order valence-corrected chi connectivity index (χ0v) is 9.59. The second-order valence-electron chi connectivity index (χ2n) is 4.90. The predicted octanol–water partition coefficient (Wildman–Crippen LogP) is 3.81. The van der Waals surface area contributed by atoms with Crippen molar-refractivity contribution in [2.75, 3.05) is 0 Å². The Hall–Kier alpha value is -1.55. The SMILES string of the molecule is NC1(c2ccc3c(C(F)(F)F)cccc3c2)CC1. The highest BCUT2D eigenvalue weighted by Crippen LogP contribution is 2.44. The van der Waals surface area contributed by atoms with Gasteiger partial charge in [0.05, 0.1) is 5.56 Å². The highest BCUT2D eigenvalue weighted by molar-refractivity contribution is 5.87. The van der Waals surface area contributed by atoms with Crippen LogP contribution in [0.1, 0.15) is 24.0 Å². The molecule has 2 aromatic rings. The molecule has 0 bridgehead atoms. The second-order valence-corrected chi connectivity index (χ2v) is 4.90. The van der Waals surface area contributed by atoms with Crippen LogP contribution in [0.25, 0.3) is 10.8 Å². The Labute approximate surface area is 102 Å². The van der Waals surface area contributed by atoms with Gasteiger partial charge in [0.1, 0.15) is 0 Å². The molecule has 0 spiro atoms. The van der Waals surface area contributed by atoms with Crippen molar-refractivity contribution in [3.63, 3.8) is 0 Å². The maximum absolute atomic E-state index is 12.8. The molecule has 0 saturated heterocycles. The van der Waals surface area contributed by atoms with E-state index in [4.69, 9.17) is 5.73 Å². The van der Waals surface area contributed by atoms with E-state index < -0.39 is 11.7 Å². The van der Waals surface area contributed by atoms with E-state index in [2.05, 4.69) is 0 Å². The van der Waals surface area contributed by atoms with E-state index in [-0.39, 0.29) is 10.9 Å². The first-order chi connectivity index (χ1) is 8.40. The van der Waals surface area contributed by atoms with Gasteiger partial charge in [-0.3, -0.25) is 0 Å². The lowest BCUT2D eigenvalue weighted by molar-refractivity contribution is -0.136. The average Bonchev–Trinajstić information content (AvgIpc) is 3.06. The van der Waals surface area contributed by atoms with E-state index >= 15 is 0 Å². The van der Waals surface area contributed by atoms with Crippen molar-refractivity contribution < 1.29 is 13.2 Å². The molecule has 0 unspecified atom stereocenters. The Kier molecular flexibility index (Phi) is 2.23. The van der Waals surface area contributed by atoms with E-state index in [0.717, 1.165) is 24.5 Å². The minimum atomic E-state index is -4.32. The van der Waals surface area contributed by atoms with Gasteiger partial charge >= 0.3 is 6.18 Å². The summed E-state index contributed by atoms with van der Waals surface area (Å²) in [4.78, 5) is 0. The Balaban J connectivity index is 2.20. The molecule has 4 heteroatoms. The molecule has 0 aliphatic heterocycles. The number of benzene rings is 2. The van der Waals surface area contributed by atoms with Crippen LogP contribution in [0, 0.1) is 0 Å². The Morgan fingerprint density at radius 2 is 1.78 bits per heavy atom. The molecule has 0 atom stereocenters. The van der Waals surface area contributed by atoms with Crippen LogP contribution in [-0.4, -0.2) is 0 Å². The summed E-state index contributed by atoms with van der Waals surface area (Å²) in [7, 11) is 0. The molecule has 1 nitrogen and oxygen atoms in total. The first-order valence-electron chi connectivity index (χ1n) is 5.79. The Bertz CT molecular complexity index is 612. The second kappa shape index (κ2) is 3.48. The third-order valence-corrected chi connectivity index (χ3v) is 3.55. The van der Waals surface area contributed by atoms with Crippen LogP contribution in [0.3, 0.4) is 0 Å². The van der Waals surface area contributed by atoms with E-state index in [9.17, 15) is 13.2 Å². The van der Waals surface area contributed by atoms with E-state index in [1.54, 1.807) is 18.2 Å². The standard InChI is InChI=1S/C14H12F3N/c15-14(16,17)12-3-1-2-9-8-10(4-5-11(9)12)13(18)6-7-13/h1-5,8H,6-7,18H2.